The molecule has 7 heteroatoms. The van der Waals surface area contributed by atoms with Crippen molar-refractivity contribution in [3.8, 4) is 0 Å². The van der Waals surface area contributed by atoms with E-state index in [1.165, 1.54) is 0 Å². The lowest BCUT2D eigenvalue weighted by molar-refractivity contribution is 0.594. The van der Waals surface area contributed by atoms with Gasteiger partial charge in [-0.15, -0.1) is 0 Å². The van der Waals surface area contributed by atoms with Crippen LogP contribution in [-0.4, -0.2) is 18.7 Å². The van der Waals surface area contributed by atoms with Crippen molar-refractivity contribution in [3.63, 3.8) is 0 Å². The highest BCUT2D eigenvalue weighted by Crippen LogP contribution is 2.18. The van der Waals surface area contributed by atoms with Gasteiger partial charge in [0.1, 0.15) is 5.25 Å². The van der Waals surface area contributed by atoms with Crippen molar-refractivity contribution in [1.82, 2.24) is 0 Å². The molecule has 0 saturated heterocycles. The number of thiocarbonyl (C=S) groups is 1. The molecule has 0 aliphatic rings. The first-order valence-corrected chi connectivity index (χ1v) is 7.68. The van der Waals surface area contributed by atoms with Crippen molar-refractivity contribution in [2.75, 3.05) is 4.72 Å². The Hall–Kier alpha value is -0.660. The number of anilines is 1. The Labute approximate surface area is 115 Å². The zero-order valence-electron chi connectivity index (χ0n) is 9.18. The monoisotopic (exact) mass is 336 g/mol. The molecule has 0 aliphatic heterocycles. The Morgan fingerprint density at radius 2 is 2.24 bits per heavy atom. The molecule has 94 valence electrons. The summed E-state index contributed by atoms with van der Waals surface area (Å²) < 4.78 is 27.2. The zero-order chi connectivity index (χ0) is 13.1. The van der Waals surface area contributed by atoms with Crippen LogP contribution in [-0.2, 0) is 10.0 Å². The van der Waals surface area contributed by atoms with E-state index >= 15 is 0 Å². The third-order valence-corrected chi connectivity index (χ3v) is 4.93. The van der Waals surface area contributed by atoms with Gasteiger partial charge in [-0.3, -0.25) is 4.72 Å². The molecule has 1 rings (SSSR count). The summed E-state index contributed by atoms with van der Waals surface area (Å²) in [4.78, 5) is -0.0185. The second kappa shape index (κ2) is 5.79. The standard InChI is InChI=1S/C10H13BrN2O2S2/c1-2-9(10(12)16)17(14,15)13-8-5-3-4-7(11)6-8/h3-6,9,13H,2H2,1H3,(H2,12,16). The molecule has 0 aliphatic carbocycles. The van der Waals surface area contributed by atoms with Crippen molar-refractivity contribution in [1.29, 1.82) is 0 Å². The van der Waals surface area contributed by atoms with Gasteiger partial charge in [0, 0.05) is 10.2 Å². The molecule has 4 nitrogen and oxygen atoms in total. The lowest BCUT2D eigenvalue weighted by Crippen LogP contribution is -2.37. The summed E-state index contributed by atoms with van der Waals surface area (Å²) >= 11 is 8.02. The number of sulfonamides is 1. The Bertz CT molecular complexity index is 517. The SMILES string of the molecule is CCC(C(N)=S)S(=O)(=O)Nc1cccc(Br)c1. The molecule has 0 bridgehead atoms. The molecule has 0 aromatic heterocycles. The molecule has 1 aromatic rings. The number of halogens is 1. The van der Waals surface area contributed by atoms with E-state index in [1.807, 2.05) is 6.07 Å². The zero-order valence-corrected chi connectivity index (χ0v) is 12.4. The van der Waals surface area contributed by atoms with Crippen LogP contribution in [0.3, 0.4) is 0 Å². The first kappa shape index (κ1) is 14.4. The molecule has 0 radical (unpaired) electrons. The molecule has 1 unspecified atom stereocenters. The molecule has 3 N–H and O–H groups in total. The smallest absolute Gasteiger partial charge is 0.242 e. The van der Waals surface area contributed by atoms with Crippen molar-refractivity contribution >= 4 is 48.8 Å². The van der Waals surface area contributed by atoms with Gasteiger partial charge in [-0.25, -0.2) is 8.42 Å². The first-order chi connectivity index (χ1) is 7.86. The number of hydrogen-bond acceptors (Lipinski definition) is 3. The van der Waals surface area contributed by atoms with E-state index in [0.717, 1.165) is 4.47 Å². The topological polar surface area (TPSA) is 72.2 Å². The summed E-state index contributed by atoms with van der Waals surface area (Å²) in [5.41, 5.74) is 5.90. The van der Waals surface area contributed by atoms with E-state index < -0.39 is 15.3 Å². The maximum atomic E-state index is 12.0. The maximum Gasteiger partial charge on any atom is 0.242 e. The van der Waals surface area contributed by atoms with Crippen LogP contribution in [0.4, 0.5) is 5.69 Å². The van der Waals surface area contributed by atoms with Crippen molar-refractivity contribution < 1.29 is 8.42 Å². The summed E-state index contributed by atoms with van der Waals surface area (Å²) in [5.74, 6) is 0. The summed E-state index contributed by atoms with van der Waals surface area (Å²) in [6.45, 7) is 1.73. The number of rotatable bonds is 5. The summed E-state index contributed by atoms with van der Waals surface area (Å²) in [6.07, 6.45) is 0.346. The fourth-order valence-corrected chi connectivity index (χ4v) is 3.65. The predicted octanol–water partition coefficient (Wildman–Crippen LogP) is 2.26. The molecular formula is C10H13BrN2O2S2. The van der Waals surface area contributed by atoms with Crippen LogP contribution < -0.4 is 10.5 Å². The summed E-state index contributed by atoms with van der Waals surface area (Å²) in [7, 11) is -3.58. The van der Waals surface area contributed by atoms with Crippen LogP contribution >= 0.6 is 28.1 Å². The number of benzene rings is 1. The molecule has 1 aromatic carbocycles. The quantitative estimate of drug-likeness (QED) is 0.809. The Morgan fingerprint density at radius 1 is 1.59 bits per heavy atom. The van der Waals surface area contributed by atoms with E-state index in [0.29, 0.717) is 12.1 Å². The first-order valence-electron chi connectivity index (χ1n) is 4.93. The van der Waals surface area contributed by atoms with Crippen LogP contribution in [0, 0.1) is 0 Å². The van der Waals surface area contributed by atoms with Crippen molar-refractivity contribution in [2.24, 2.45) is 5.73 Å². The number of nitrogens with one attached hydrogen (secondary N) is 1. The number of hydrogen-bond donors (Lipinski definition) is 2. The van der Waals surface area contributed by atoms with Crippen LogP contribution in [0.2, 0.25) is 0 Å². The van der Waals surface area contributed by atoms with Gasteiger partial charge in [0.05, 0.1) is 4.99 Å². The molecule has 0 amide bonds. The number of nitrogens with two attached hydrogens (primary N) is 1. The molecule has 0 spiro atoms. The average Bonchev–Trinajstić information content (AvgIpc) is 2.16. The van der Waals surface area contributed by atoms with Gasteiger partial charge in [0.2, 0.25) is 10.0 Å². The Morgan fingerprint density at radius 3 is 2.71 bits per heavy atom. The third-order valence-electron chi connectivity index (χ3n) is 2.15. The minimum absolute atomic E-state index is 0.0185. The van der Waals surface area contributed by atoms with Gasteiger partial charge in [0.25, 0.3) is 0 Å². The highest BCUT2D eigenvalue weighted by molar-refractivity contribution is 9.10. The molecule has 0 fully saturated rings. The summed E-state index contributed by atoms with van der Waals surface area (Å²) in [5, 5.41) is -0.850. The maximum absolute atomic E-state index is 12.0. The highest BCUT2D eigenvalue weighted by atomic mass is 79.9. The molecule has 1 atom stereocenters. The van der Waals surface area contributed by atoms with Gasteiger partial charge in [-0.2, -0.15) is 0 Å². The largest absolute Gasteiger partial charge is 0.392 e. The van der Waals surface area contributed by atoms with E-state index in [4.69, 9.17) is 18.0 Å². The Balaban J connectivity index is 2.97. The predicted molar refractivity (Wildman–Crippen MR) is 77.5 cm³/mol. The van der Waals surface area contributed by atoms with E-state index in [1.54, 1.807) is 25.1 Å². The van der Waals surface area contributed by atoms with Gasteiger partial charge >= 0.3 is 0 Å². The second-order valence-corrected chi connectivity index (χ2v) is 6.71. The van der Waals surface area contributed by atoms with Gasteiger partial charge in [-0.05, 0) is 24.6 Å². The minimum atomic E-state index is -3.58. The lowest BCUT2D eigenvalue weighted by atomic mass is 10.3. The van der Waals surface area contributed by atoms with Gasteiger partial charge in [-0.1, -0.05) is 41.1 Å². The van der Waals surface area contributed by atoms with E-state index in [-0.39, 0.29) is 4.99 Å². The lowest BCUT2D eigenvalue weighted by Gasteiger charge is -2.16. The second-order valence-electron chi connectivity index (χ2n) is 3.46. The third kappa shape index (κ3) is 3.93. The van der Waals surface area contributed by atoms with Gasteiger partial charge in [0.15, 0.2) is 0 Å². The van der Waals surface area contributed by atoms with Crippen LogP contribution in [0.1, 0.15) is 13.3 Å². The van der Waals surface area contributed by atoms with Crippen molar-refractivity contribution in [2.45, 2.75) is 18.6 Å². The van der Waals surface area contributed by atoms with E-state index in [9.17, 15) is 8.42 Å². The van der Waals surface area contributed by atoms with Crippen LogP contribution in [0.25, 0.3) is 0 Å². The van der Waals surface area contributed by atoms with Crippen LogP contribution in [0.15, 0.2) is 28.7 Å². The minimum Gasteiger partial charge on any atom is -0.392 e. The molecular weight excluding hydrogens is 324 g/mol. The fraction of sp³-hybridized carbons (Fsp3) is 0.300. The summed E-state index contributed by atoms with van der Waals surface area (Å²) in [6, 6.07) is 6.88. The van der Waals surface area contributed by atoms with E-state index in [2.05, 4.69) is 20.7 Å². The van der Waals surface area contributed by atoms with Gasteiger partial charge < -0.3 is 5.73 Å². The normalized spacial score (nSPS) is 13.1. The van der Waals surface area contributed by atoms with Crippen molar-refractivity contribution in [3.05, 3.63) is 28.7 Å². The Kier molecular flexibility index (Phi) is 4.91. The van der Waals surface area contributed by atoms with Crippen LogP contribution in [0.5, 0.6) is 0 Å². The molecule has 0 heterocycles. The average molecular weight is 337 g/mol. The molecule has 17 heavy (non-hydrogen) atoms. The highest BCUT2D eigenvalue weighted by Gasteiger charge is 2.26. The molecule has 0 saturated carbocycles. The fourth-order valence-electron chi connectivity index (χ4n) is 1.36.